The molecule has 1 aromatic rings. The maximum Gasteiger partial charge on any atom is 0.225 e. The number of hydrogen-bond donors (Lipinski definition) is 2. The van der Waals surface area contributed by atoms with E-state index in [-0.39, 0.29) is 5.91 Å². The van der Waals surface area contributed by atoms with Crippen LogP contribution in [0.15, 0.2) is 18.2 Å². The summed E-state index contributed by atoms with van der Waals surface area (Å²) in [5, 5.41) is 6.17. The number of hydrogen-bond acceptors (Lipinski definition) is 3. The van der Waals surface area contributed by atoms with Crippen LogP contribution >= 0.6 is 0 Å². The van der Waals surface area contributed by atoms with Crippen LogP contribution < -0.4 is 10.6 Å². The Bertz CT molecular complexity index is 405. The molecule has 0 bridgehead atoms. The van der Waals surface area contributed by atoms with Crippen molar-refractivity contribution in [3.05, 3.63) is 29.3 Å². The normalized spacial score (nSPS) is 10.5. The monoisotopic (exact) mass is 264 g/mol. The number of anilines is 1. The number of carbonyl (C=O) groups is 1. The molecular weight excluding hydrogens is 240 g/mol. The summed E-state index contributed by atoms with van der Waals surface area (Å²) in [7, 11) is 1.67. The average molecular weight is 264 g/mol. The first-order valence-electron chi connectivity index (χ1n) is 6.77. The lowest BCUT2D eigenvalue weighted by molar-refractivity contribution is -0.116. The van der Waals surface area contributed by atoms with Gasteiger partial charge in [0.25, 0.3) is 0 Å². The standard InChI is InChI=1S/C15H24N2O2/c1-4-13-7-5-6-12(2)15(13)17-14(18)8-9-16-10-11-19-3/h5-7,16H,4,8-11H2,1-3H3,(H,17,18). The van der Waals surface area contributed by atoms with E-state index in [0.717, 1.165) is 24.2 Å². The molecule has 0 aliphatic carbocycles. The van der Waals surface area contributed by atoms with E-state index in [1.165, 1.54) is 5.56 Å². The molecule has 0 saturated heterocycles. The van der Waals surface area contributed by atoms with Crippen LogP contribution in [0.5, 0.6) is 0 Å². The van der Waals surface area contributed by atoms with Gasteiger partial charge >= 0.3 is 0 Å². The van der Waals surface area contributed by atoms with E-state index in [1.54, 1.807) is 7.11 Å². The largest absolute Gasteiger partial charge is 0.383 e. The molecule has 0 fully saturated rings. The molecule has 0 aromatic heterocycles. The van der Waals surface area contributed by atoms with Gasteiger partial charge in [-0.3, -0.25) is 4.79 Å². The van der Waals surface area contributed by atoms with Crippen LogP contribution in [0.2, 0.25) is 0 Å². The summed E-state index contributed by atoms with van der Waals surface area (Å²) < 4.78 is 4.93. The van der Waals surface area contributed by atoms with Gasteiger partial charge in [-0.25, -0.2) is 0 Å². The zero-order valence-electron chi connectivity index (χ0n) is 12.1. The Kier molecular flexibility index (Phi) is 7.15. The van der Waals surface area contributed by atoms with Crippen LogP contribution in [-0.4, -0.2) is 32.7 Å². The zero-order valence-corrected chi connectivity index (χ0v) is 12.1. The van der Waals surface area contributed by atoms with Crippen molar-refractivity contribution in [2.45, 2.75) is 26.7 Å². The minimum Gasteiger partial charge on any atom is -0.383 e. The summed E-state index contributed by atoms with van der Waals surface area (Å²) in [5.41, 5.74) is 3.26. The Labute approximate surface area is 115 Å². The van der Waals surface area contributed by atoms with Crippen LogP contribution in [-0.2, 0) is 16.0 Å². The summed E-state index contributed by atoms with van der Waals surface area (Å²) in [4.78, 5) is 11.9. The maximum atomic E-state index is 11.9. The lowest BCUT2D eigenvalue weighted by Gasteiger charge is -2.13. The van der Waals surface area contributed by atoms with Crippen molar-refractivity contribution < 1.29 is 9.53 Å². The first-order chi connectivity index (χ1) is 9.19. The first-order valence-corrected chi connectivity index (χ1v) is 6.77. The molecule has 0 heterocycles. The average Bonchev–Trinajstić information content (AvgIpc) is 2.41. The highest BCUT2D eigenvalue weighted by Gasteiger charge is 2.08. The Balaban J connectivity index is 2.44. The highest BCUT2D eigenvalue weighted by Crippen LogP contribution is 2.21. The van der Waals surface area contributed by atoms with Gasteiger partial charge in [-0.2, -0.15) is 0 Å². The number of nitrogens with one attached hydrogen (secondary N) is 2. The number of benzene rings is 1. The summed E-state index contributed by atoms with van der Waals surface area (Å²) in [6.07, 6.45) is 1.39. The summed E-state index contributed by atoms with van der Waals surface area (Å²) in [5.74, 6) is 0.0499. The highest BCUT2D eigenvalue weighted by molar-refractivity contribution is 5.92. The molecule has 2 N–H and O–H groups in total. The quantitative estimate of drug-likeness (QED) is 0.707. The molecule has 1 aromatic carbocycles. The third kappa shape index (κ3) is 5.41. The van der Waals surface area contributed by atoms with Crippen molar-refractivity contribution in [2.24, 2.45) is 0 Å². The second-order valence-corrected chi connectivity index (χ2v) is 4.50. The molecule has 106 valence electrons. The van der Waals surface area contributed by atoms with Gasteiger partial charge in [-0.1, -0.05) is 25.1 Å². The van der Waals surface area contributed by atoms with Gasteiger partial charge in [0.1, 0.15) is 0 Å². The molecule has 4 heteroatoms. The van der Waals surface area contributed by atoms with Crippen LogP contribution in [0, 0.1) is 6.92 Å². The van der Waals surface area contributed by atoms with E-state index in [0.29, 0.717) is 19.6 Å². The lowest BCUT2D eigenvalue weighted by Crippen LogP contribution is -2.25. The van der Waals surface area contributed by atoms with Gasteiger partial charge in [0, 0.05) is 32.3 Å². The van der Waals surface area contributed by atoms with E-state index < -0.39 is 0 Å². The van der Waals surface area contributed by atoms with Crippen molar-refractivity contribution in [2.75, 3.05) is 32.1 Å². The number of rotatable bonds is 8. The van der Waals surface area contributed by atoms with E-state index >= 15 is 0 Å². The van der Waals surface area contributed by atoms with Gasteiger partial charge in [0.2, 0.25) is 5.91 Å². The Morgan fingerprint density at radius 1 is 1.32 bits per heavy atom. The molecule has 0 atom stereocenters. The topological polar surface area (TPSA) is 50.4 Å². The van der Waals surface area contributed by atoms with Crippen molar-refractivity contribution in [3.8, 4) is 0 Å². The lowest BCUT2D eigenvalue weighted by atomic mass is 10.1. The van der Waals surface area contributed by atoms with E-state index in [2.05, 4.69) is 23.6 Å². The Morgan fingerprint density at radius 3 is 2.79 bits per heavy atom. The fourth-order valence-electron chi connectivity index (χ4n) is 1.91. The molecule has 0 aliphatic rings. The molecule has 19 heavy (non-hydrogen) atoms. The molecular formula is C15H24N2O2. The van der Waals surface area contributed by atoms with Crippen molar-refractivity contribution in [1.29, 1.82) is 0 Å². The minimum atomic E-state index is 0.0499. The number of methoxy groups -OCH3 is 1. The number of amides is 1. The molecule has 0 unspecified atom stereocenters. The molecule has 0 spiro atoms. The number of para-hydroxylation sites is 1. The highest BCUT2D eigenvalue weighted by atomic mass is 16.5. The van der Waals surface area contributed by atoms with Crippen LogP contribution in [0.4, 0.5) is 5.69 Å². The number of ether oxygens (including phenoxy) is 1. The fraction of sp³-hybridized carbons (Fsp3) is 0.533. The van der Waals surface area contributed by atoms with Crippen LogP contribution in [0.3, 0.4) is 0 Å². The van der Waals surface area contributed by atoms with Gasteiger partial charge in [-0.05, 0) is 24.5 Å². The fourth-order valence-corrected chi connectivity index (χ4v) is 1.91. The predicted octanol–water partition coefficient (Wildman–Crippen LogP) is 2.12. The van der Waals surface area contributed by atoms with Crippen molar-refractivity contribution in [1.82, 2.24) is 5.32 Å². The molecule has 0 radical (unpaired) electrons. The van der Waals surface area contributed by atoms with E-state index in [4.69, 9.17) is 4.74 Å². The summed E-state index contributed by atoms with van der Waals surface area (Å²) in [6.45, 7) is 6.22. The van der Waals surface area contributed by atoms with Crippen LogP contribution in [0.1, 0.15) is 24.5 Å². The first kappa shape index (κ1) is 15.7. The molecule has 1 amide bonds. The second-order valence-electron chi connectivity index (χ2n) is 4.50. The molecule has 0 aliphatic heterocycles. The van der Waals surface area contributed by atoms with Gasteiger partial charge in [-0.15, -0.1) is 0 Å². The zero-order chi connectivity index (χ0) is 14.1. The van der Waals surface area contributed by atoms with E-state index in [1.807, 2.05) is 19.1 Å². The molecule has 4 nitrogen and oxygen atoms in total. The SMILES string of the molecule is CCc1cccc(C)c1NC(=O)CCNCCOC. The number of aryl methyl sites for hydroxylation is 2. The third-order valence-electron chi connectivity index (χ3n) is 3.02. The van der Waals surface area contributed by atoms with Crippen LogP contribution in [0.25, 0.3) is 0 Å². The summed E-state index contributed by atoms with van der Waals surface area (Å²) in [6, 6.07) is 6.10. The molecule has 1 rings (SSSR count). The Morgan fingerprint density at radius 2 is 2.11 bits per heavy atom. The van der Waals surface area contributed by atoms with E-state index in [9.17, 15) is 4.79 Å². The number of carbonyl (C=O) groups excluding carboxylic acids is 1. The van der Waals surface area contributed by atoms with Crippen molar-refractivity contribution in [3.63, 3.8) is 0 Å². The minimum absolute atomic E-state index is 0.0499. The maximum absolute atomic E-state index is 11.9. The predicted molar refractivity (Wildman–Crippen MR) is 78.5 cm³/mol. The summed E-state index contributed by atoms with van der Waals surface area (Å²) >= 11 is 0. The smallest absolute Gasteiger partial charge is 0.225 e. The third-order valence-corrected chi connectivity index (χ3v) is 3.02. The molecule has 0 saturated carbocycles. The van der Waals surface area contributed by atoms with Gasteiger partial charge < -0.3 is 15.4 Å². The van der Waals surface area contributed by atoms with Gasteiger partial charge in [0.15, 0.2) is 0 Å². The van der Waals surface area contributed by atoms with Gasteiger partial charge in [0.05, 0.1) is 6.61 Å². The Hall–Kier alpha value is -1.39. The van der Waals surface area contributed by atoms with Crippen molar-refractivity contribution >= 4 is 11.6 Å². The second kappa shape index (κ2) is 8.67.